The molecule has 0 bridgehead atoms. The number of hydrogen-bond donors (Lipinski definition) is 0. The van der Waals surface area contributed by atoms with E-state index in [4.69, 9.17) is 4.74 Å². The van der Waals surface area contributed by atoms with Gasteiger partial charge in [0.15, 0.2) is 0 Å². The van der Waals surface area contributed by atoms with Crippen molar-refractivity contribution in [3.05, 3.63) is 254 Å². The summed E-state index contributed by atoms with van der Waals surface area (Å²) in [6, 6.07) is 91.5. The number of benzene rings is 15. The maximum absolute atomic E-state index is 6.38. The first-order chi connectivity index (χ1) is 42.5. The predicted octanol–water partition coefficient (Wildman–Crippen LogP) is 12.5. The number of aryl methyl sites for hydroxylation is 2. The number of fused-ring (bicyclic) bond motifs is 21. The SMILES string of the molecule is Cc1ccc2c(c1)-c1c3ccccc3c3c4c(ccc(c14)[Te]2)[Te]c1ccc(C)cc1-3.c1ccc2c(c1)Oc1ccc3c4c(c5ccccc5c-2c14)-c1ccccc1[Te]3.c1ccc2c(c1)[Te]c1ccc3c4c(c5ccccc5c-2c14)-c1ccccc1[Te]3. The van der Waals surface area contributed by atoms with Crippen molar-refractivity contribution in [3.63, 3.8) is 0 Å². The van der Waals surface area contributed by atoms with Gasteiger partial charge in [-0.25, -0.2) is 0 Å². The number of rotatable bonds is 0. The fourth-order valence-electron chi connectivity index (χ4n) is 14.6. The normalized spacial score (nSPS) is 13.3. The number of ether oxygens (including phenoxy) is 1. The van der Waals surface area contributed by atoms with Crippen molar-refractivity contribution in [2.75, 3.05) is 0 Å². The average Bonchev–Trinajstić information content (AvgIpc) is 0.901. The Morgan fingerprint density at radius 3 is 0.860 bits per heavy atom. The van der Waals surface area contributed by atoms with Gasteiger partial charge in [0.2, 0.25) is 0 Å². The zero-order chi connectivity index (χ0) is 56.5. The van der Waals surface area contributed by atoms with Crippen LogP contribution in [0.2, 0.25) is 0 Å². The van der Waals surface area contributed by atoms with Crippen LogP contribution in [0.4, 0.5) is 0 Å². The molecular formula is C80H46OTe5. The van der Waals surface area contributed by atoms with Crippen LogP contribution in [0.1, 0.15) is 11.1 Å². The Bertz CT molecular complexity index is 5020. The molecule has 0 unspecified atom stereocenters. The fourth-order valence-corrected chi connectivity index (χ4v) is 30.2. The van der Waals surface area contributed by atoms with E-state index in [1.165, 1.54) is 128 Å². The summed E-state index contributed by atoms with van der Waals surface area (Å²) in [5, 5.41) is 17.4. The molecule has 1 nitrogen and oxygen atoms in total. The van der Waals surface area contributed by atoms with Gasteiger partial charge in [-0.05, 0) is 0 Å². The summed E-state index contributed by atoms with van der Waals surface area (Å²) < 4.78 is 22.3. The van der Waals surface area contributed by atoms with Crippen LogP contribution < -0.4 is 40.9 Å². The van der Waals surface area contributed by atoms with E-state index >= 15 is 0 Å². The summed E-state index contributed by atoms with van der Waals surface area (Å²) in [7, 11) is 0. The van der Waals surface area contributed by atoms with E-state index in [9.17, 15) is 0 Å². The molecule has 0 N–H and O–H groups in total. The van der Waals surface area contributed by atoms with Crippen LogP contribution >= 0.6 is 0 Å². The van der Waals surface area contributed by atoms with Gasteiger partial charge in [0.05, 0.1) is 0 Å². The van der Waals surface area contributed by atoms with E-state index < -0.39 is 20.9 Å². The van der Waals surface area contributed by atoms with Crippen LogP contribution in [-0.4, -0.2) is 105 Å². The van der Waals surface area contributed by atoms with Crippen molar-refractivity contribution in [2.45, 2.75) is 13.8 Å². The first-order valence-corrected chi connectivity index (χ1v) is 40.9. The Kier molecular flexibility index (Phi) is 12.0. The van der Waals surface area contributed by atoms with Crippen molar-refractivity contribution in [1.82, 2.24) is 0 Å². The molecule has 402 valence electrons. The molecule has 6 aliphatic heterocycles. The predicted molar refractivity (Wildman–Crippen MR) is 372 cm³/mol. The van der Waals surface area contributed by atoms with Crippen molar-refractivity contribution in [1.29, 1.82) is 0 Å². The molecule has 0 atom stereocenters. The average molecular weight is 1660 g/mol. The van der Waals surface area contributed by atoms with Crippen LogP contribution in [0.3, 0.4) is 0 Å². The Morgan fingerprint density at radius 1 is 0.209 bits per heavy atom. The van der Waals surface area contributed by atoms with Gasteiger partial charge in [0.1, 0.15) is 0 Å². The van der Waals surface area contributed by atoms with Crippen molar-refractivity contribution in [2.24, 2.45) is 0 Å². The van der Waals surface area contributed by atoms with Crippen LogP contribution in [-0.2, 0) is 0 Å². The van der Waals surface area contributed by atoms with E-state index in [2.05, 4.69) is 257 Å². The summed E-state index contributed by atoms with van der Waals surface area (Å²) in [6.07, 6.45) is 0. The van der Waals surface area contributed by atoms with Gasteiger partial charge < -0.3 is 0 Å². The first kappa shape index (κ1) is 51.6. The third-order valence-electron chi connectivity index (χ3n) is 18.0. The third kappa shape index (κ3) is 7.67. The van der Waals surface area contributed by atoms with E-state index in [-0.39, 0.29) is 83.7 Å². The minimum absolute atomic E-state index is 0.346. The molecule has 6 aliphatic rings. The second-order valence-corrected chi connectivity index (χ2v) is 38.4. The first-order valence-electron chi connectivity index (χ1n) is 29.2. The monoisotopic (exact) mass is 1670 g/mol. The van der Waals surface area contributed by atoms with E-state index in [0.717, 1.165) is 11.5 Å². The van der Waals surface area contributed by atoms with E-state index in [1.54, 1.807) is 50.4 Å². The molecule has 0 amide bonds. The Hall–Kier alpha value is -6.39. The molecule has 15 aromatic rings. The molecule has 0 saturated heterocycles. The van der Waals surface area contributed by atoms with E-state index in [0.29, 0.717) is 0 Å². The zero-order valence-electron chi connectivity index (χ0n) is 46.5. The third-order valence-corrected chi connectivity index (χ3v) is 34.2. The summed E-state index contributed by atoms with van der Waals surface area (Å²) in [5.74, 6) is 1.95. The van der Waals surface area contributed by atoms with Crippen LogP contribution in [0.15, 0.2) is 243 Å². The summed E-state index contributed by atoms with van der Waals surface area (Å²) in [5.41, 5.74) is 20.0. The Labute approximate surface area is 549 Å². The molecule has 21 rings (SSSR count). The molecule has 0 radical (unpaired) electrons. The van der Waals surface area contributed by atoms with E-state index in [1.807, 2.05) is 0 Å². The van der Waals surface area contributed by atoms with Crippen molar-refractivity contribution >= 4 is 205 Å². The molecule has 86 heavy (non-hydrogen) atoms. The van der Waals surface area contributed by atoms with Crippen LogP contribution in [0.5, 0.6) is 11.5 Å². The van der Waals surface area contributed by atoms with Gasteiger partial charge in [-0.1, -0.05) is 0 Å². The quantitative estimate of drug-likeness (QED) is 0.109. The molecule has 0 spiro atoms. The number of para-hydroxylation sites is 1. The van der Waals surface area contributed by atoms with Gasteiger partial charge in [0.25, 0.3) is 0 Å². The van der Waals surface area contributed by atoms with Crippen molar-refractivity contribution in [3.8, 4) is 78.3 Å². The van der Waals surface area contributed by atoms with Crippen LogP contribution in [0, 0.1) is 13.8 Å². The molecule has 15 aromatic carbocycles. The Balaban J connectivity index is 0.0000000944. The summed E-state index contributed by atoms with van der Waals surface area (Å²) in [4.78, 5) is 0. The molecular weight excluding hydrogens is 1610 g/mol. The zero-order valence-corrected chi connectivity index (χ0v) is 58.2. The maximum atomic E-state index is 6.38. The second-order valence-electron chi connectivity index (χ2n) is 22.9. The molecule has 6 heterocycles. The summed E-state index contributed by atoms with van der Waals surface area (Å²) >= 11 is -1.85. The van der Waals surface area contributed by atoms with Gasteiger partial charge in [0, 0.05) is 0 Å². The van der Waals surface area contributed by atoms with Gasteiger partial charge in [-0.2, -0.15) is 0 Å². The van der Waals surface area contributed by atoms with Gasteiger partial charge in [-0.15, -0.1) is 0 Å². The fraction of sp³-hybridized carbons (Fsp3) is 0.0250. The topological polar surface area (TPSA) is 9.23 Å². The van der Waals surface area contributed by atoms with Gasteiger partial charge >= 0.3 is 556 Å². The standard InChI is InChI=1S/C28H18Te2.C26H14OTe.C26H14Te2/c1-15-7-9-21-19(13-15)25-17-5-3-4-6-18(17)26-20-14-16(2)8-10-22(20)30-24-12-11-23(29-21)27(25)28(24)26;1-2-8-16-15(7-1)23-17-9-3-5-11-19(17)27-20-13-14-22-26(25(20)23)24(16)18-10-4-6-12-21(18)28-22;1-2-8-16-15(7-1)23-17-9-3-5-11-19(17)27-21-13-14-22-26(25(21)23)24(16)18-10-4-6-12-20(18)28-22/h3-14H,1-2H3;2*1-14H. The molecule has 0 fully saturated rings. The summed E-state index contributed by atoms with van der Waals surface area (Å²) in [6.45, 7) is 4.46. The molecule has 0 aromatic heterocycles. The molecule has 0 saturated carbocycles. The Morgan fingerprint density at radius 2 is 0.477 bits per heavy atom. The molecule has 0 aliphatic carbocycles. The second kappa shape index (κ2) is 20.1. The minimum atomic E-state index is -0.416. The molecule has 6 heteroatoms. The van der Waals surface area contributed by atoms with Crippen molar-refractivity contribution < 1.29 is 4.74 Å². The number of hydrogen-bond acceptors (Lipinski definition) is 1. The van der Waals surface area contributed by atoms with Gasteiger partial charge in [-0.3, -0.25) is 0 Å². The van der Waals surface area contributed by atoms with Crippen LogP contribution in [0.25, 0.3) is 131 Å².